The van der Waals surface area contributed by atoms with Gasteiger partial charge in [0.1, 0.15) is 0 Å². The van der Waals surface area contributed by atoms with Gasteiger partial charge in [0, 0.05) is 47.3 Å². The van der Waals surface area contributed by atoms with Crippen LogP contribution < -0.4 is 10.6 Å². The number of hydrogen-bond donors (Lipinski definition) is 2. The molecule has 2 N–H and O–H groups in total. The molecule has 0 saturated heterocycles. The second-order valence-electron chi connectivity index (χ2n) is 7.75. The van der Waals surface area contributed by atoms with Crippen molar-refractivity contribution in [3.05, 3.63) is 65.6 Å². The third kappa shape index (κ3) is 4.80. The van der Waals surface area contributed by atoms with Crippen LogP contribution in [0.25, 0.3) is 10.8 Å². The predicted octanol–water partition coefficient (Wildman–Crippen LogP) is 3.29. The van der Waals surface area contributed by atoms with Gasteiger partial charge < -0.3 is 10.6 Å². The lowest BCUT2D eigenvalue weighted by atomic mass is 9.85. The zero-order chi connectivity index (χ0) is 21.8. The normalized spacial score (nSPS) is 14.6. The van der Waals surface area contributed by atoms with E-state index in [0.29, 0.717) is 23.8 Å². The Kier molecular flexibility index (Phi) is 6.36. The Morgan fingerprint density at radius 3 is 2.48 bits per heavy atom. The number of hydrogen-bond acceptors (Lipinski definition) is 5. The molecule has 2 amide bonds. The van der Waals surface area contributed by atoms with Gasteiger partial charge in [-0.3, -0.25) is 13.8 Å². The molecule has 3 aromatic rings. The van der Waals surface area contributed by atoms with Crippen molar-refractivity contribution in [2.45, 2.75) is 25.0 Å². The smallest absolute Gasteiger partial charge is 0.273 e. The van der Waals surface area contributed by atoms with Gasteiger partial charge >= 0.3 is 0 Å². The molecule has 1 atom stereocenters. The number of rotatable bonds is 7. The number of aromatic nitrogens is 2. The molecule has 0 aliphatic heterocycles. The van der Waals surface area contributed by atoms with Crippen molar-refractivity contribution in [3.8, 4) is 0 Å². The summed E-state index contributed by atoms with van der Waals surface area (Å²) in [6, 6.07) is 11.0. The first kappa shape index (κ1) is 21.1. The number of nitrogens with one attached hydrogen (secondary N) is 2. The molecule has 7 nitrogen and oxygen atoms in total. The maximum absolute atomic E-state index is 13.1. The van der Waals surface area contributed by atoms with Crippen LogP contribution in [0, 0.1) is 5.92 Å². The third-order valence-corrected chi connectivity index (χ3v) is 6.26. The van der Waals surface area contributed by atoms with Gasteiger partial charge in [-0.15, -0.1) is 0 Å². The number of anilines is 1. The minimum Gasteiger partial charge on any atom is -0.350 e. The van der Waals surface area contributed by atoms with Crippen LogP contribution in [0.5, 0.6) is 0 Å². The van der Waals surface area contributed by atoms with Crippen LogP contribution in [0.15, 0.2) is 48.8 Å². The highest BCUT2D eigenvalue weighted by atomic mass is 32.2. The highest BCUT2D eigenvalue weighted by Gasteiger charge is 2.22. The number of carbonyl (C=O) groups is 2. The summed E-state index contributed by atoms with van der Waals surface area (Å²) >= 11 is 0. The summed E-state index contributed by atoms with van der Waals surface area (Å²) in [7, 11) is -0.995. The number of nitrogens with zero attached hydrogens (tertiary/aromatic N) is 2. The largest absolute Gasteiger partial charge is 0.350 e. The zero-order valence-electron chi connectivity index (χ0n) is 17.3. The van der Waals surface area contributed by atoms with E-state index in [9.17, 15) is 13.8 Å². The summed E-state index contributed by atoms with van der Waals surface area (Å²) in [5, 5.41) is 7.26. The Bertz CT molecular complexity index is 1160. The molecule has 0 spiro atoms. The summed E-state index contributed by atoms with van der Waals surface area (Å²) < 4.78 is 11.7. The van der Waals surface area contributed by atoms with E-state index in [4.69, 9.17) is 0 Å². The molecule has 1 aromatic heterocycles. The number of amides is 2. The molecule has 31 heavy (non-hydrogen) atoms. The summed E-state index contributed by atoms with van der Waals surface area (Å²) in [4.78, 5) is 34.0. The maximum Gasteiger partial charge on any atom is 0.273 e. The van der Waals surface area contributed by atoms with Crippen molar-refractivity contribution < 1.29 is 13.8 Å². The van der Waals surface area contributed by atoms with Crippen LogP contribution in [0.2, 0.25) is 0 Å². The second-order valence-corrected chi connectivity index (χ2v) is 9.19. The molecule has 0 radical (unpaired) electrons. The van der Waals surface area contributed by atoms with Gasteiger partial charge in [-0.05, 0) is 41.2 Å². The van der Waals surface area contributed by atoms with Gasteiger partial charge in [0.15, 0.2) is 11.5 Å². The van der Waals surface area contributed by atoms with Crippen molar-refractivity contribution in [1.82, 2.24) is 15.3 Å². The average Bonchev–Trinajstić information content (AvgIpc) is 2.72. The Labute approximate surface area is 183 Å². The molecule has 160 valence electrons. The number of carbonyl (C=O) groups excluding carboxylic acids is 2. The lowest BCUT2D eigenvalue weighted by molar-refractivity contribution is 0.0934. The summed E-state index contributed by atoms with van der Waals surface area (Å²) in [6.07, 6.45) is 7.98. The Morgan fingerprint density at radius 1 is 1.03 bits per heavy atom. The summed E-state index contributed by atoms with van der Waals surface area (Å²) in [5.41, 5.74) is 1.47. The molecule has 1 aliphatic carbocycles. The highest BCUT2D eigenvalue weighted by molar-refractivity contribution is 7.83. The van der Waals surface area contributed by atoms with Crippen molar-refractivity contribution >= 4 is 39.2 Å². The van der Waals surface area contributed by atoms with E-state index in [-0.39, 0.29) is 23.3 Å². The first-order valence-electron chi connectivity index (χ1n) is 10.2. The Balaban J connectivity index is 1.58. The number of benzene rings is 2. The SMILES string of the molecule is C[S@@](=O)Cc1ccc(C(=O)Nc2nccnc2C(=O)NCC2CCC2)c2ccccc12. The standard InChI is InChI=1S/C23H24N4O3S/c1-31(30)14-16-9-10-19(18-8-3-2-7-17(16)18)22(28)27-21-20(24-11-12-25-21)23(29)26-13-15-5-4-6-15/h2-3,7-12,15H,4-6,13-14H2,1H3,(H,26,29)(H,25,27,28)/t31-/m1/s1. The van der Waals surface area contributed by atoms with Crippen LogP contribution >= 0.6 is 0 Å². The van der Waals surface area contributed by atoms with Crippen molar-refractivity contribution in [2.24, 2.45) is 5.92 Å². The molecular formula is C23H24N4O3S. The molecule has 0 unspecified atom stereocenters. The van der Waals surface area contributed by atoms with E-state index in [1.807, 2.05) is 30.3 Å². The fourth-order valence-electron chi connectivity index (χ4n) is 3.69. The lowest BCUT2D eigenvalue weighted by Crippen LogP contribution is -2.33. The van der Waals surface area contributed by atoms with E-state index in [1.165, 1.54) is 18.8 Å². The van der Waals surface area contributed by atoms with Crippen LogP contribution in [-0.2, 0) is 16.6 Å². The molecule has 1 fully saturated rings. The second kappa shape index (κ2) is 9.34. The van der Waals surface area contributed by atoms with Crippen LogP contribution in [-0.4, -0.2) is 38.8 Å². The summed E-state index contributed by atoms with van der Waals surface area (Å²) in [6.45, 7) is 0.605. The third-order valence-electron chi connectivity index (χ3n) is 5.54. The highest BCUT2D eigenvalue weighted by Crippen LogP contribution is 2.26. The first-order valence-corrected chi connectivity index (χ1v) is 12.0. The van der Waals surface area contributed by atoms with Gasteiger partial charge in [0.2, 0.25) is 0 Å². The van der Waals surface area contributed by atoms with E-state index in [2.05, 4.69) is 20.6 Å². The average molecular weight is 437 g/mol. The summed E-state index contributed by atoms with van der Waals surface area (Å²) in [5.74, 6) is 0.329. The van der Waals surface area contributed by atoms with E-state index < -0.39 is 10.8 Å². The van der Waals surface area contributed by atoms with Gasteiger partial charge in [-0.25, -0.2) is 9.97 Å². The molecular weight excluding hydrogens is 412 g/mol. The van der Waals surface area contributed by atoms with Gasteiger partial charge in [-0.1, -0.05) is 36.8 Å². The Hall–Kier alpha value is -3.13. The van der Waals surface area contributed by atoms with Crippen molar-refractivity contribution in [1.29, 1.82) is 0 Å². The zero-order valence-corrected chi connectivity index (χ0v) is 18.1. The molecule has 0 bridgehead atoms. The molecule has 1 saturated carbocycles. The lowest BCUT2D eigenvalue weighted by Gasteiger charge is -2.25. The quantitative estimate of drug-likeness (QED) is 0.592. The van der Waals surface area contributed by atoms with E-state index in [1.54, 1.807) is 12.3 Å². The van der Waals surface area contributed by atoms with Gasteiger partial charge in [0.25, 0.3) is 11.8 Å². The topological polar surface area (TPSA) is 101 Å². The van der Waals surface area contributed by atoms with Crippen molar-refractivity contribution in [2.75, 3.05) is 18.1 Å². The fourth-order valence-corrected chi connectivity index (χ4v) is 4.38. The van der Waals surface area contributed by atoms with Gasteiger partial charge in [-0.2, -0.15) is 0 Å². The number of fused-ring (bicyclic) bond motifs is 1. The van der Waals surface area contributed by atoms with Crippen LogP contribution in [0.1, 0.15) is 45.7 Å². The molecule has 1 heterocycles. The van der Waals surface area contributed by atoms with Gasteiger partial charge in [0.05, 0.1) is 0 Å². The minimum absolute atomic E-state index is 0.0949. The van der Waals surface area contributed by atoms with Crippen molar-refractivity contribution in [3.63, 3.8) is 0 Å². The molecule has 8 heteroatoms. The van der Waals surface area contributed by atoms with Crippen LogP contribution in [0.4, 0.5) is 5.82 Å². The van der Waals surface area contributed by atoms with E-state index >= 15 is 0 Å². The van der Waals surface area contributed by atoms with E-state index in [0.717, 1.165) is 29.2 Å². The Morgan fingerprint density at radius 2 is 1.77 bits per heavy atom. The molecule has 1 aliphatic rings. The molecule has 2 aromatic carbocycles. The predicted molar refractivity (Wildman–Crippen MR) is 121 cm³/mol. The fraction of sp³-hybridized carbons (Fsp3) is 0.304. The maximum atomic E-state index is 13.1. The minimum atomic E-state index is -0.995. The molecule has 4 rings (SSSR count). The first-order chi connectivity index (χ1) is 15.0. The van der Waals surface area contributed by atoms with Crippen LogP contribution in [0.3, 0.4) is 0 Å². The monoisotopic (exact) mass is 436 g/mol.